The van der Waals surface area contributed by atoms with E-state index in [-0.39, 0.29) is 11.8 Å². The zero-order chi connectivity index (χ0) is 17.1. The van der Waals surface area contributed by atoms with Gasteiger partial charge in [0.25, 0.3) is 0 Å². The third-order valence-corrected chi connectivity index (χ3v) is 4.65. The summed E-state index contributed by atoms with van der Waals surface area (Å²) >= 11 is 0. The highest BCUT2D eigenvalue weighted by atomic mass is 16.5. The zero-order valence-electron chi connectivity index (χ0n) is 13.8. The van der Waals surface area contributed by atoms with Gasteiger partial charge in [0.15, 0.2) is 0 Å². The molecule has 1 saturated heterocycles. The van der Waals surface area contributed by atoms with E-state index in [0.29, 0.717) is 25.1 Å². The van der Waals surface area contributed by atoms with Gasteiger partial charge in [-0.25, -0.2) is 0 Å². The molecule has 2 amide bonds. The van der Waals surface area contributed by atoms with Gasteiger partial charge in [-0.15, -0.1) is 0 Å². The Morgan fingerprint density at radius 1 is 1.25 bits per heavy atom. The molecule has 0 aliphatic carbocycles. The third kappa shape index (κ3) is 3.26. The highest BCUT2D eigenvalue weighted by Crippen LogP contribution is 2.28. The fraction of sp³-hybridized carbons (Fsp3) is 0.368. The Morgan fingerprint density at radius 2 is 2.00 bits per heavy atom. The molecule has 2 N–H and O–H groups in total. The molecule has 0 aromatic heterocycles. The lowest BCUT2D eigenvalue weighted by atomic mass is 9.92. The molecule has 126 valence electrons. The van der Waals surface area contributed by atoms with Gasteiger partial charge in [-0.3, -0.25) is 9.59 Å². The van der Waals surface area contributed by atoms with Crippen molar-refractivity contribution in [3.63, 3.8) is 0 Å². The fourth-order valence-electron chi connectivity index (χ4n) is 3.49. The van der Waals surface area contributed by atoms with Gasteiger partial charge in [-0.1, -0.05) is 30.3 Å². The molecule has 1 fully saturated rings. The van der Waals surface area contributed by atoms with Crippen molar-refractivity contribution in [2.45, 2.75) is 12.8 Å². The number of benzene rings is 2. The van der Waals surface area contributed by atoms with Crippen LogP contribution in [0.2, 0.25) is 0 Å². The number of carbonyl (C=O) groups is 2. The van der Waals surface area contributed by atoms with E-state index in [4.69, 9.17) is 10.5 Å². The van der Waals surface area contributed by atoms with E-state index in [1.165, 1.54) is 0 Å². The van der Waals surface area contributed by atoms with Crippen LogP contribution in [0.1, 0.15) is 22.3 Å². The first kappa shape index (κ1) is 16.5. The van der Waals surface area contributed by atoms with Gasteiger partial charge < -0.3 is 15.4 Å². The molecule has 1 atom stereocenters. The van der Waals surface area contributed by atoms with Crippen LogP contribution in [-0.2, 0) is 16.0 Å². The topological polar surface area (TPSA) is 72.6 Å². The molecule has 0 radical (unpaired) electrons. The van der Waals surface area contributed by atoms with Crippen LogP contribution >= 0.6 is 0 Å². The molecule has 1 aliphatic rings. The number of fused-ring (bicyclic) bond motifs is 1. The van der Waals surface area contributed by atoms with Gasteiger partial charge in [0.1, 0.15) is 0 Å². The first-order valence-corrected chi connectivity index (χ1v) is 8.17. The van der Waals surface area contributed by atoms with Crippen LogP contribution < -0.4 is 5.73 Å². The van der Waals surface area contributed by atoms with Crippen molar-refractivity contribution in [1.82, 2.24) is 4.90 Å². The molecule has 2 aromatic carbocycles. The molecule has 24 heavy (non-hydrogen) atoms. The molecule has 1 heterocycles. The number of nitrogens with zero attached hydrogens (tertiary/aromatic N) is 1. The first-order chi connectivity index (χ1) is 11.6. The van der Waals surface area contributed by atoms with Crippen molar-refractivity contribution in [3.05, 3.63) is 47.5 Å². The number of rotatable bonds is 6. The summed E-state index contributed by atoms with van der Waals surface area (Å²) in [6.45, 7) is 1.97. The summed E-state index contributed by atoms with van der Waals surface area (Å²) in [5.41, 5.74) is 7.17. The SMILES string of the molecule is COCCN1C[C@H](Cc2cccc3c(C(N)=O)cccc23)CC1=O. The number of carbonyl (C=O) groups excluding carboxylic acids is 2. The average Bonchev–Trinajstić information content (AvgIpc) is 2.92. The predicted molar refractivity (Wildman–Crippen MR) is 92.7 cm³/mol. The van der Waals surface area contributed by atoms with E-state index in [0.717, 1.165) is 29.3 Å². The Labute approximate surface area is 141 Å². The number of amides is 2. The van der Waals surface area contributed by atoms with E-state index in [1.807, 2.05) is 29.2 Å². The maximum absolute atomic E-state index is 12.1. The molecule has 0 spiro atoms. The van der Waals surface area contributed by atoms with Crippen LogP contribution in [-0.4, -0.2) is 43.5 Å². The van der Waals surface area contributed by atoms with Gasteiger partial charge in [0.05, 0.1) is 6.61 Å². The minimum atomic E-state index is -0.417. The maximum atomic E-state index is 12.1. The Bertz CT molecular complexity index is 772. The van der Waals surface area contributed by atoms with E-state index < -0.39 is 5.91 Å². The van der Waals surface area contributed by atoms with Crippen LogP contribution in [0.3, 0.4) is 0 Å². The molecule has 5 heteroatoms. The summed E-state index contributed by atoms with van der Waals surface area (Å²) < 4.78 is 5.06. The Hall–Kier alpha value is -2.40. The lowest BCUT2D eigenvalue weighted by Gasteiger charge is -2.16. The second kappa shape index (κ2) is 7.01. The van der Waals surface area contributed by atoms with Crippen molar-refractivity contribution >= 4 is 22.6 Å². The Balaban J connectivity index is 1.82. The molecule has 2 aromatic rings. The molecule has 0 unspecified atom stereocenters. The van der Waals surface area contributed by atoms with Crippen molar-refractivity contribution in [2.24, 2.45) is 11.7 Å². The first-order valence-electron chi connectivity index (χ1n) is 8.17. The standard InChI is InChI=1S/C19H22N2O3/c1-24-9-8-21-12-13(11-18(21)22)10-14-4-2-6-16-15(14)5-3-7-17(16)19(20)23/h2-7,13H,8-12H2,1H3,(H2,20,23)/t13-/m1/s1. The number of hydrogen-bond acceptors (Lipinski definition) is 3. The minimum Gasteiger partial charge on any atom is -0.383 e. The normalized spacial score (nSPS) is 17.6. The molecule has 0 saturated carbocycles. The van der Waals surface area contributed by atoms with Crippen molar-refractivity contribution in [1.29, 1.82) is 0 Å². The second-order valence-electron chi connectivity index (χ2n) is 6.29. The van der Waals surface area contributed by atoms with Gasteiger partial charge in [0, 0.05) is 32.2 Å². The third-order valence-electron chi connectivity index (χ3n) is 4.65. The summed E-state index contributed by atoms with van der Waals surface area (Å²) in [5, 5.41) is 1.92. The average molecular weight is 326 g/mol. The largest absolute Gasteiger partial charge is 0.383 e. The van der Waals surface area contributed by atoms with Crippen molar-refractivity contribution < 1.29 is 14.3 Å². The van der Waals surface area contributed by atoms with Gasteiger partial charge in [0.2, 0.25) is 11.8 Å². The highest BCUT2D eigenvalue weighted by Gasteiger charge is 2.29. The van der Waals surface area contributed by atoms with Crippen LogP contribution in [0.4, 0.5) is 0 Å². The Kier molecular flexibility index (Phi) is 4.81. The van der Waals surface area contributed by atoms with Gasteiger partial charge in [-0.2, -0.15) is 0 Å². The summed E-state index contributed by atoms with van der Waals surface area (Å²) in [7, 11) is 1.64. The lowest BCUT2D eigenvalue weighted by molar-refractivity contribution is -0.128. The fourth-order valence-corrected chi connectivity index (χ4v) is 3.49. The molecule has 3 rings (SSSR count). The van der Waals surface area contributed by atoms with Crippen LogP contribution in [0.25, 0.3) is 10.8 Å². The number of ether oxygens (including phenoxy) is 1. The molecule has 1 aliphatic heterocycles. The van der Waals surface area contributed by atoms with E-state index >= 15 is 0 Å². The van der Waals surface area contributed by atoms with Crippen molar-refractivity contribution in [2.75, 3.05) is 26.8 Å². The Morgan fingerprint density at radius 3 is 2.75 bits per heavy atom. The quantitative estimate of drug-likeness (QED) is 0.882. The van der Waals surface area contributed by atoms with Crippen LogP contribution in [0.15, 0.2) is 36.4 Å². The number of primary amides is 1. The maximum Gasteiger partial charge on any atom is 0.249 e. The monoisotopic (exact) mass is 326 g/mol. The summed E-state index contributed by atoms with van der Waals surface area (Å²) in [6.07, 6.45) is 1.38. The second-order valence-corrected chi connectivity index (χ2v) is 6.29. The summed E-state index contributed by atoms with van der Waals surface area (Å²) in [6, 6.07) is 11.6. The summed E-state index contributed by atoms with van der Waals surface area (Å²) in [5.74, 6) is 0.0619. The van der Waals surface area contributed by atoms with Crippen molar-refractivity contribution in [3.8, 4) is 0 Å². The number of hydrogen-bond donors (Lipinski definition) is 1. The lowest BCUT2D eigenvalue weighted by Crippen LogP contribution is -2.28. The molecular formula is C19H22N2O3. The van der Waals surface area contributed by atoms with Crippen LogP contribution in [0.5, 0.6) is 0 Å². The van der Waals surface area contributed by atoms with Crippen LogP contribution in [0, 0.1) is 5.92 Å². The molecular weight excluding hydrogens is 304 g/mol. The van der Waals surface area contributed by atoms with E-state index in [9.17, 15) is 9.59 Å². The molecule has 5 nitrogen and oxygen atoms in total. The number of methoxy groups -OCH3 is 1. The highest BCUT2D eigenvalue weighted by molar-refractivity contribution is 6.07. The predicted octanol–water partition coefficient (Wildman–Crippen LogP) is 1.98. The summed E-state index contributed by atoms with van der Waals surface area (Å²) in [4.78, 5) is 25.6. The zero-order valence-corrected chi connectivity index (χ0v) is 13.8. The van der Waals surface area contributed by atoms with E-state index in [2.05, 4.69) is 6.07 Å². The smallest absolute Gasteiger partial charge is 0.249 e. The van der Waals surface area contributed by atoms with Gasteiger partial charge >= 0.3 is 0 Å². The van der Waals surface area contributed by atoms with E-state index in [1.54, 1.807) is 13.2 Å². The van der Waals surface area contributed by atoms with Gasteiger partial charge in [-0.05, 0) is 34.7 Å². The minimum absolute atomic E-state index is 0.190. The number of likely N-dealkylation sites (tertiary alicyclic amines) is 1. The molecule has 0 bridgehead atoms. The number of nitrogens with two attached hydrogens (primary N) is 1.